The predicted octanol–water partition coefficient (Wildman–Crippen LogP) is 4.99. The Morgan fingerprint density at radius 2 is 1.58 bits per heavy atom. The molecule has 4 rings (SSSR count). The smallest absolute Gasteiger partial charge is 0.260 e. The van der Waals surface area contributed by atoms with E-state index in [9.17, 15) is 9.90 Å². The van der Waals surface area contributed by atoms with E-state index in [0.29, 0.717) is 24.7 Å². The summed E-state index contributed by atoms with van der Waals surface area (Å²) in [4.78, 5) is 13.9. The van der Waals surface area contributed by atoms with Gasteiger partial charge in [0, 0.05) is 35.1 Å². The molecule has 4 aromatic rings. The number of hydrogen-bond donors (Lipinski definition) is 2. The fraction of sp³-hybridized carbons (Fsp3) is 0.192. The van der Waals surface area contributed by atoms with E-state index < -0.39 is 0 Å². The van der Waals surface area contributed by atoms with Crippen LogP contribution in [0.15, 0.2) is 72.8 Å². The second kappa shape index (κ2) is 9.99. The number of aromatic hydroxyl groups is 1. The summed E-state index contributed by atoms with van der Waals surface area (Å²) in [5, 5.41) is 23.5. The lowest BCUT2D eigenvalue weighted by Gasteiger charge is -2.18. The molecule has 168 valence electrons. The number of anilines is 2. The average molecular weight is 443 g/mol. The molecule has 2 N–H and O–H groups in total. The summed E-state index contributed by atoms with van der Waals surface area (Å²) in [5.41, 5.74) is 2.46. The number of fused-ring (bicyclic) bond motifs is 1. The van der Waals surface area contributed by atoms with Crippen LogP contribution in [-0.2, 0) is 4.79 Å². The standard InChI is InChI=1S/C26H26N4O3/c1-3-30(4-2)24(32)17-33-21-15-9-18(10-16-21)25-22-7-5-6-8-23(22)26(29-28-25)27-19-11-13-20(31)14-12-19/h5-16,31H,3-4,17H2,1-2H3,(H,27,29). The van der Waals surface area contributed by atoms with Crippen molar-refractivity contribution in [1.82, 2.24) is 15.1 Å². The number of amides is 1. The molecule has 0 saturated heterocycles. The third-order valence-electron chi connectivity index (χ3n) is 5.42. The quantitative estimate of drug-likeness (QED) is 0.374. The molecule has 0 saturated carbocycles. The largest absolute Gasteiger partial charge is 0.508 e. The normalized spacial score (nSPS) is 10.7. The zero-order chi connectivity index (χ0) is 23.2. The summed E-state index contributed by atoms with van der Waals surface area (Å²) in [6.07, 6.45) is 0. The molecule has 0 aliphatic rings. The van der Waals surface area contributed by atoms with Crippen molar-refractivity contribution in [3.05, 3.63) is 72.8 Å². The Labute approximate surface area is 192 Å². The van der Waals surface area contributed by atoms with Gasteiger partial charge in [-0.25, -0.2) is 0 Å². The number of aromatic nitrogens is 2. The van der Waals surface area contributed by atoms with Crippen LogP contribution in [0, 0.1) is 0 Å². The first-order chi connectivity index (χ1) is 16.1. The van der Waals surface area contributed by atoms with Crippen molar-refractivity contribution in [2.75, 3.05) is 25.0 Å². The molecular formula is C26H26N4O3. The Kier molecular flexibility index (Phi) is 6.69. The Morgan fingerprint density at radius 3 is 2.24 bits per heavy atom. The van der Waals surface area contributed by atoms with E-state index in [2.05, 4.69) is 15.5 Å². The van der Waals surface area contributed by atoms with Gasteiger partial charge in [-0.1, -0.05) is 24.3 Å². The number of rotatable bonds is 8. The molecule has 0 bridgehead atoms. The monoisotopic (exact) mass is 442 g/mol. The lowest BCUT2D eigenvalue weighted by atomic mass is 10.0. The number of nitrogens with zero attached hydrogens (tertiary/aromatic N) is 3. The van der Waals surface area contributed by atoms with Crippen LogP contribution in [0.2, 0.25) is 0 Å². The Morgan fingerprint density at radius 1 is 0.909 bits per heavy atom. The molecule has 1 aromatic heterocycles. The van der Waals surface area contributed by atoms with E-state index in [0.717, 1.165) is 27.7 Å². The molecule has 1 amide bonds. The number of benzene rings is 3. The lowest BCUT2D eigenvalue weighted by Crippen LogP contribution is -2.34. The summed E-state index contributed by atoms with van der Waals surface area (Å²) < 4.78 is 5.67. The van der Waals surface area contributed by atoms with Crippen molar-refractivity contribution < 1.29 is 14.6 Å². The van der Waals surface area contributed by atoms with E-state index in [1.165, 1.54) is 0 Å². The number of carbonyl (C=O) groups is 1. The van der Waals surface area contributed by atoms with Crippen LogP contribution in [0.3, 0.4) is 0 Å². The first-order valence-corrected chi connectivity index (χ1v) is 10.9. The number of hydrogen-bond acceptors (Lipinski definition) is 6. The van der Waals surface area contributed by atoms with Crippen molar-refractivity contribution in [3.63, 3.8) is 0 Å². The summed E-state index contributed by atoms with van der Waals surface area (Å²) in [7, 11) is 0. The van der Waals surface area contributed by atoms with Crippen molar-refractivity contribution in [2.24, 2.45) is 0 Å². The molecule has 0 aliphatic heterocycles. The average Bonchev–Trinajstić information content (AvgIpc) is 2.85. The van der Waals surface area contributed by atoms with Crippen LogP contribution in [0.1, 0.15) is 13.8 Å². The molecule has 7 nitrogen and oxygen atoms in total. The van der Waals surface area contributed by atoms with Gasteiger partial charge in [0.15, 0.2) is 12.4 Å². The maximum atomic E-state index is 12.2. The molecule has 0 radical (unpaired) electrons. The van der Waals surface area contributed by atoms with Crippen LogP contribution >= 0.6 is 0 Å². The van der Waals surface area contributed by atoms with E-state index in [1.807, 2.05) is 62.4 Å². The topological polar surface area (TPSA) is 87.6 Å². The van der Waals surface area contributed by atoms with Gasteiger partial charge in [0.1, 0.15) is 17.2 Å². The van der Waals surface area contributed by atoms with Crippen molar-refractivity contribution >= 4 is 28.2 Å². The van der Waals surface area contributed by atoms with Gasteiger partial charge in [0.05, 0.1) is 0 Å². The van der Waals surface area contributed by atoms with Gasteiger partial charge >= 0.3 is 0 Å². The molecule has 7 heteroatoms. The minimum atomic E-state index is -0.0299. The highest BCUT2D eigenvalue weighted by atomic mass is 16.5. The number of nitrogens with one attached hydrogen (secondary N) is 1. The van der Waals surface area contributed by atoms with Crippen molar-refractivity contribution in [3.8, 4) is 22.8 Å². The van der Waals surface area contributed by atoms with Crippen LogP contribution in [0.4, 0.5) is 11.5 Å². The maximum Gasteiger partial charge on any atom is 0.260 e. The van der Waals surface area contributed by atoms with Crippen LogP contribution in [0.5, 0.6) is 11.5 Å². The minimum Gasteiger partial charge on any atom is -0.508 e. The second-order valence-electron chi connectivity index (χ2n) is 7.49. The number of phenols is 1. The highest BCUT2D eigenvalue weighted by molar-refractivity contribution is 6.00. The summed E-state index contributed by atoms with van der Waals surface area (Å²) in [6, 6.07) is 22.2. The van der Waals surface area contributed by atoms with Gasteiger partial charge < -0.3 is 20.1 Å². The first kappa shape index (κ1) is 22.1. The fourth-order valence-corrected chi connectivity index (χ4v) is 3.61. The first-order valence-electron chi connectivity index (χ1n) is 10.9. The lowest BCUT2D eigenvalue weighted by molar-refractivity contribution is -0.132. The molecule has 0 spiro atoms. The molecule has 0 atom stereocenters. The molecule has 0 aliphatic carbocycles. The number of ether oxygens (including phenoxy) is 1. The number of carbonyl (C=O) groups excluding carboxylic acids is 1. The SMILES string of the molecule is CCN(CC)C(=O)COc1ccc(-c2nnc(Nc3ccc(O)cc3)c3ccccc23)cc1. The van der Waals surface area contributed by atoms with Gasteiger partial charge in [-0.2, -0.15) is 0 Å². The van der Waals surface area contributed by atoms with E-state index in [4.69, 9.17) is 4.74 Å². The summed E-state index contributed by atoms with van der Waals surface area (Å²) in [6.45, 7) is 5.25. The van der Waals surface area contributed by atoms with Gasteiger partial charge in [-0.05, 0) is 62.4 Å². The molecule has 0 fully saturated rings. The Hall–Kier alpha value is -4.13. The van der Waals surface area contributed by atoms with Gasteiger partial charge in [-0.3, -0.25) is 4.79 Å². The maximum absolute atomic E-state index is 12.2. The zero-order valence-electron chi connectivity index (χ0n) is 18.7. The van der Waals surface area contributed by atoms with Crippen LogP contribution in [0.25, 0.3) is 22.0 Å². The van der Waals surface area contributed by atoms with E-state index in [1.54, 1.807) is 29.2 Å². The molecule has 0 unspecified atom stereocenters. The Bertz CT molecular complexity index is 1240. The third-order valence-corrected chi connectivity index (χ3v) is 5.42. The third kappa shape index (κ3) is 5.03. The highest BCUT2D eigenvalue weighted by Crippen LogP contribution is 2.32. The van der Waals surface area contributed by atoms with Gasteiger partial charge in [0.25, 0.3) is 5.91 Å². The fourth-order valence-electron chi connectivity index (χ4n) is 3.61. The van der Waals surface area contributed by atoms with Crippen LogP contribution < -0.4 is 10.1 Å². The summed E-state index contributed by atoms with van der Waals surface area (Å²) >= 11 is 0. The molecule has 33 heavy (non-hydrogen) atoms. The van der Waals surface area contributed by atoms with Crippen molar-refractivity contribution in [1.29, 1.82) is 0 Å². The molecular weight excluding hydrogens is 416 g/mol. The van der Waals surface area contributed by atoms with Crippen molar-refractivity contribution in [2.45, 2.75) is 13.8 Å². The van der Waals surface area contributed by atoms with E-state index >= 15 is 0 Å². The van der Waals surface area contributed by atoms with Crippen LogP contribution in [-0.4, -0.2) is 45.8 Å². The predicted molar refractivity (Wildman–Crippen MR) is 130 cm³/mol. The summed E-state index contributed by atoms with van der Waals surface area (Å²) in [5.74, 6) is 1.44. The minimum absolute atomic E-state index is 0.0153. The van der Waals surface area contributed by atoms with Gasteiger partial charge in [-0.15, -0.1) is 10.2 Å². The van der Waals surface area contributed by atoms with E-state index in [-0.39, 0.29) is 18.3 Å². The number of phenolic OH excluding ortho intramolecular Hbond substituents is 1. The molecule has 3 aromatic carbocycles. The molecule has 1 heterocycles. The number of likely N-dealkylation sites (N-methyl/N-ethyl adjacent to an activating group) is 1. The second-order valence-corrected chi connectivity index (χ2v) is 7.49. The van der Waals surface area contributed by atoms with Gasteiger partial charge in [0.2, 0.25) is 0 Å². The highest BCUT2D eigenvalue weighted by Gasteiger charge is 2.13. The Balaban J connectivity index is 1.56. The zero-order valence-corrected chi connectivity index (χ0v) is 18.7.